The maximum atomic E-state index is 13.3. The summed E-state index contributed by atoms with van der Waals surface area (Å²) in [6.07, 6.45) is 2.48. The molecule has 1 heterocycles. The molecule has 0 bridgehead atoms. The van der Waals surface area contributed by atoms with Crippen LogP contribution < -0.4 is 10.1 Å². The summed E-state index contributed by atoms with van der Waals surface area (Å²) in [6.45, 7) is 6.49. The van der Waals surface area contributed by atoms with Crippen molar-refractivity contribution in [2.75, 3.05) is 16.7 Å². The molecule has 0 saturated heterocycles. The second kappa shape index (κ2) is 6.99. The second-order valence-electron chi connectivity index (χ2n) is 6.76. The minimum atomic E-state index is -3.70. The molecule has 2 N–H and O–H groups in total. The Kier molecular flexibility index (Phi) is 4.91. The summed E-state index contributed by atoms with van der Waals surface area (Å²) >= 11 is 0. The number of fused-ring (bicyclic) bond motifs is 1. The Morgan fingerprint density at radius 1 is 1.15 bits per heavy atom. The number of benzene rings is 2. The van der Waals surface area contributed by atoms with E-state index in [0.29, 0.717) is 23.1 Å². The van der Waals surface area contributed by atoms with Crippen molar-refractivity contribution in [1.29, 1.82) is 0 Å². The third-order valence-electron chi connectivity index (χ3n) is 4.32. The van der Waals surface area contributed by atoms with E-state index in [9.17, 15) is 8.42 Å². The predicted octanol–water partition coefficient (Wildman–Crippen LogP) is 3.16. The molecule has 0 amide bonds. The molecular weight excluding hydrogens is 348 g/mol. The first kappa shape index (κ1) is 18.3. The molecular formula is C19H24N4O2S. The molecule has 3 rings (SSSR count). The molecule has 0 aliphatic carbocycles. The molecule has 7 heteroatoms. The van der Waals surface area contributed by atoms with Gasteiger partial charge in [-0.2, -0.15) is 9.89 Å². The van der Waals surface area contributed by atoms with Crippen LogP contribution in [0.1, 0.15) is 26.3 Å². The number of hydrogen-bond donors (Lipinski definition) is 1. The highest BCUT2D eigenvalue weighted by Gasteiger charge is 2.26. The Hall–Kier alpha value is -2.54. The Morgan fingerprint density at radius 3 is 2.46 bits per heavy atom. The van der Waals surface area contributed by atoms with Crippen LogP contribution in [0.2, 0.25) is 0 Å². The number of nitrogens with two attached hydrogens (primary N) is 1. The molecule has 0 fully saturated rings. The van der Waals surface area contributed by atoms with Gasteiger partial charge in [-0.15, -0.1) is 0 Å². The van der Waals surface area contributed by atoms with E-state index in [4.69, 9.17) is 5.84 Å². The molecule has 0 saturated carbocycles. The van der Waals surface area contributed by atoms with Crippen LogP contribution in [-0.4, -0.2) is 24.9 Å². The van der Waals surface area contributed by atoms with Gasteiger partial charge in [0.1, 0.15) is 0 Å². The number of aromatic nitrogens is 2. The van der Waals surface area contributed by atoms with Crippen molar-refractivity contribution in [3.05, 3.63) is 54.2 Å². The predicted molar refractivity (Wildman–Crippen MR) is 105 cm³/mol. The zero-order valence-corrected chi connectivity index (χ0v) is 16.1. The van der Waals surface area contributed by atoms with Gasteiger partial charge in [-0.3, -0.25) is 4.31 Å². The topological polar surface area (TPSA) is 81.2 Å². The van der Waals surface area contributed by atoms with Crippen molar-refractivity contribution in [2.24, 2.45) is 5.92 Å². The molecule has 0 atom stereocenters. The first-order chi connectivity index (χ1) is 12.3. The van der Waals surface area contributed by atoms with Gasteiger partial charge in [0.15, 0.2) is 0 Å². The SMILES string of the molecule is CCc1ccc(N(CC(C)C)S(=O)(=O)c2ccc3c(cnn3N)c2)cc1. The number of nitrogens with zero attached hydrogens (tertiary/aromatic N) is 3. The average molecular weight is 372 g/mol. The summed E-state index contributed by atoms with van der Waals surface area (Å²) in [5, 5.41) is 4.67. The van der Waals surface area contributed by atoms with Gasteiger partial charge in [0.25, 0.3) is 10.0 Å². The standard InChI is InChI=1S/C19H24N4O2S/c1-4-15-5-7-17(8-6-15)22(13-14(2)3)26(24,25)18-9-10-19-16(11-18)12-21-23(19)20/h5-12,14H,4,13,20H2,1-3H3. The van der Waals surface area contributed by atoms with Crippen molar-refractivity contribution in [3.8, 4) is 0 Å². The molecule has 0 aliphatic rings. The lowest BCUT2D eigenvalue weighted by Gasteiger charge is -2.26. The van der Waals surface area contributed by atoms with E-state index in [1.54, 1.807) is 24.4 Å². The molecule has 26 heavy (non-hydrogen) atoms. The zero-order valence-electron chi connectivity index (χ0n) is 15.3. The smallest absolute Gasteiger partial charge is 0.264 e. The number of hydrogen-bond acceptors (Lipinski definition) is 4. The maximum Gasteiger partial charge on any atom is 0.264 e. The van der Waals surface area contributed by atoms with Crippen LogP contribution in [0.3, 0.4) is 0 Å². The highest BCUT2D eigenvalue weighted by Crippen LogP contribution is 2.27. The van der Waals surface area contributed by atoms with E-state index >= 15 is 0 Å². The normalized spacial score (nSPS) is 12.0. The van der Waals surface area contributed by atoms with Crippen LogP contribution in [0.15, 0.2) is 53.6 Å². The van der Waals surface area contributed by atoms with Crippen molar-refractivity contribution >= 4 is 26.6 Å². The Morgan fingerprint density at radius 2 is 1.85 bits per heavy atom. The van der Waals surface area contributed by atoms with Crippen LogP contribution >= 0.6 is 0 Å². The average Bonchev–Trinajstić information content (AvgIpc) is 3.00. The molecule has 0 spiro atoms. The molecule has 138 valence electrons. The van der Waals surface area contributed by atoms with E-state index in [1.807, 2.05) is 38.1 Å². The third-order valence-corrected chi connectivity index (χ3v) is 6.11. The first-order valence-electron chi connectivity index (χ1n) is 8.67. The minimum absolute atomic E-state index is 0.186. The molecule has 1 aromatic heterocycles. The highest BCUT2D eigenvalue weighted by atomic mass is 32.2. The van der Waals surface area contributed by atoms with Crippen molar-refractivity contribution in [1.82, 2.24) is 9.89 Å². The number of nitrogen functional groups attached to an aromatic ring is 1. The van der Waals surface area contributed by atoms with Gasteiger partial charge >= 0.3 is 0 Å². The van der Waals surface area contributed by atoms with Crippen LogP contribution in [-0.2, 0) is 16.4 Å². The van der Waals surface area contributed by atoms with E-state index in [-0.39, 0.29) is 10.8 Å². The van der Waals surface area contributed by atoms with E-state index < -0.39 is 10.0 Å². The summed E-state index contributed by atoms with van der Waals surface area (Å²) in [7, 11) is -3.70. The van der Waals surface area contributed by atoms with Crippen LogP contribution in [0, 0.1) is 5.92 Å². The number of rotatable bonds is 6. The second-order valence-corrected chi connectivity index (χ2v) is 8.62. The van der Waals surface area contributed by atoms with Gasteiger partial charge in [0.2, 0.25) is 0 Å². The largest absolute Gasteiger partial charge is 0.323 e. The lowest BCUT2D eigenvalue weighted by Crippen LogP contribution is -2.34. The summed E-state index contributed by atoms with van der Waals surface area (Å²) in [6, 6.07) is 12.6. The van der Waals surface area contributed by atoms with Gasteiger partial charge in [-0.05, 0) is 48.2 Å². The number of anilines is 1. The summed E-state index contributed by atoms with van der Waals surface area (Å²) in [4.78, 5) is 1.47. The van der Waals surface area contributed by atoms with Crippen LogP contribution in [0.4, 0.5) is 5.69 Å². The summed E-state index contributed by atoms with van der Waals surface area (Å²) < 4.78 is 28.2. The molecule has 6 nitrogen and oxygen atoms in total. The summed E-state index contributed by atoms with van der Waals surface area (Å²) in [5.74, 6) is 5.91. The van der Waals surface area contributed by atoms with Gasteiger partial charge in [0, 0.05) is 11.9 Å². The highest BCUT2D eigenvalue weighted by molar-refractivity contribution is 7.92. The van der Waals surface area contributed by atoms with Crippen LogP contribution in [0.25, 0.3) is 10.9 Å². The Balaban J connectivity index is 2.07. The fraction of sp³-hybridized carbons (Fsp3) is 0.316. The lowest BCUT2D eigenvalue weighted by atomic mass is 10.1. The van der Waals surface area contributed by atoms with Gasteiger partial charge in [-0.25, -0.2) is 8.42 Å². The molecule has 0 radical (unpaired) electrons. The quantitative estimate of drug-likeness (QED) is 0.674. The molecule has 0 aliphatic heterocycles. The minimum Gasteiger partial charge on any atom is -0.323 e. The Labute approximate surface area is 154 Å². The first-order valence-corrected chi connectivity index (χ1v) is 10.1. The summed E-state index contributed by atoms with van der Waals surface area (Å²) in [5.41, 5.74) is 2.53. The number of sulfonamides is 1. The fourth-order valence-corrected chi connectivity index (χ4v) is 4.55. The van der Waals surface area contributed by atoms with Crippen LogP contribution in [0.5, 0.6) is 0 Å². The molecule has 3 aromatic rings. The fourth-order valence-electron chi connectivity index (χ4n) is 2.89. The third kappa shape index (κ3) is 3.39. The van der Waals surface area contributed by atoms with Gasteiger partial charge in [-0.1, -0.05) is 32.9 Å². The van der Waals surface area contributed by atoms with Gasteiger partial charge < -0.3 is 5.84 Å². The molecule has 2 aromatic carbocycles. The lowest BCUT2D eigenvalue weighted by molar-refractivity contribution is 0.578. The van der Waals surface area contributed by atoms with Crippen molar-refractivity contribution in [3.63, 3.8) is 0 Å². The monoisotopic (exact) mass is 372 g/mol. The van der Waals surface area contributed by atoms with E-state index in [1.165, 1.54) is 14.7 Å². The zero-order chi connectivity index (χ0) is 18.9. The maximum absolute atomic E-state index is 13.3. The van der Waals surface area contributed by atoms with Crippen molar-refractivity contribution in [2.45, 2.75) is 32.1 Å². The van der Waals surface area contributed by atoms with E-state index in [0.717, 1.165) is 6.42 Å². The van der Waals surface area contributed by atoms with E-state index in [2.05, 4.69) is 12.0 Å². The Bertz CT molecular complexity index is 1010. The van der Waals surface area contributed by atoms with Crippen molar-refractivity contribution < 1.29 is 8.42 Å². The molecule has 0 unspecified atom stereocenters. The van der Waals surface area contributed by atoms with Gasteiger partial charge in [0.05, 0.1) is 22.3 Å². The number of aryl methyl sites for hydroxylation is 1.